The van der Waals surface area contributed by atoms with E-state index in [1.807, 2.05) is 0 Å². The smallest absolute Gasteiger partial charge is 0.289 e. The fourth-order valence-electron chi connectivity index (χ4n) is 1.76. The van der Waals surface area contributed by atoms with Crippen LogP contribution in [0, 0.1) is 12.0 Å². The van der Waals surface area contributed by atoms with E-state index in [2.05, 4.69) is 0 Å². The summed E-state index contributed by atoms with van der Waals surface area (Å²) >= 11 is 0. The summed E-state index contributed by atoms with van der Waals surface area (Å²) in [6.45, 7) is 2.02. The molecule has 0 aliphatic heterocycles. The predicted octanol–water partition coefficient (Wildman–Crippen LogP) is 3.32. The van der Waals surface area contributed by atoms with E-state index in [0.29, 0.717) is 0 Å². The maximum Gasteiger partial charge on any atom is 0.289 e. The van der Waals surface area contributed by atoms with Crippen LogP contribution in [0.15, 0.2) is 0 Å². The molecule has 1 nitrogen and oxygen atoms in total. The Morgan fingerprint density at radius 2 is 1.69 bits per heavy atom. The summed E-state index contributed by atoms with van der Waals surface area (Å²) in [7, 11) is 0. The van der Waals surface area contributed by atoms with Crippen molar-refractivity contribution in [2.75, 3.05) is 0 Å². The average molecular weight is 498 g/mol. The van der Waals surface area contributed by atoms with Crippen molar-refractivity contribution in [2.45, 2.75) is 44.2 Å². The summed E-state index contributed by atoms with van der Waals surface area (Å²) in [5, 5.41) is 8.80. The molecule has 2 atom stereocenters. The monoisotopic (exact) mass is 498 g/mol. The summed E-state index contributed by atoms with van der Waals surface area (Å²) < 4.78 is 65.9. The Bertz CT molecular complexity index is 260. The molecule has 0 saturated heterocycles. The summed E-state index contributed by atoms with van der Waals surface area (Å²) in [4.78, 5) is 0. The van der Waals surface area contributed by atoms with Gasteiger partial charge in [-0.05, 0) is 6.42 Å². The molecule has 92 valence electrons. The van der Waals surface area contributed by atoms with Gasteiger partial charge in [-0.2, -0.15) is 0 Å². The Morgan fingerprint density at radius 3 is 2.06 bits per heavy atom. The van der Waals surface area contributed by atoms with E-state index in [9.17, 15) is 22.0 Å². The van der Waals surface area contributed by atoms with Crippen molar-refractivity contribution >= 4 is 0 Å². The Kier molecular flexibility index (Phi) is 3.26. The Hall–Kier alpha value is -1.39. The first kappa shape index (κ1) is 14.6. The van der Waals surface area contributed by atoms with Gasteiger partial charge in [0.15, 0.2) is 0 Å². The van der Waals surface area contributed by atoms with Gasteiger partial charge in [0.2, 0.25) is 5.92 Å². The van der Waals surface area contributed by atoms with E-state index in [1.54, 1.807) is 0 Å². The second-order valence-electron chi connectivity index (χ2n) is 3.93. The third-order valence-electron chi connectivity index (χ3n) is 3.15. The molecule has 1 rings (SSSR count). The molecule has 0 aromatic carbocycles. The van der Waals surface area contributed by atoms with Crippen LogP contribution in [0.5, 0.6) is 0 Å². The van der Waals surface area contributed by atoms with Gasteiger partial charge in [-0.25, -0.2) is 22.0 Å². The van der Waals surface area contributed by atoms with Crippen molar-refractivity contribution in [2.24, 2.45) is 5.92 Å². The molecule has 1 aliphatic carbocycles. The molecule has 0 radical (unpaired) electrons. The van der Waals surface area contributed by atoms with Crippen LogP contribution in [0.2, 0.25) is 0 Å². The molecule has 0 aromatic rings. The Balaban J connectivity index is 0.00000225. The minimum atomic E-state index is -4.64. The number of halogens is 5. The van der Waals surface area contributed by atoms with Gasteiger partial charge < -0.3 is 5.11 Å². The first-order valence-electron chi connectivity index (χ1n) is 4.59. The van der Waals surface area contributed by atoms with E-state index in [1.165, 1.54) is 6.92 Å². The zero-order valence-electron chi connectivity index (χ0n) is 9.04. The predicted molar refractivity (Wildman–Crippen MR) is 43.0 cm³/mol. The molecule has 1 fully saturated rings. The van der Waals surface area contributed by atoms with Gasteiger partial charge in [0, 0.05) is 0 Å². The molecule has 0 amide bonds. The molecule has 0 bridgehead atoms. The molecule has 1 aliphatic rings. The topological polar surface area (TPSA) is 20.2 Å². The van der Waals surface area contributed by atoms with Crippen molar-refractivity contribution < 1.29 is 27.1 Å². The number of hydrogen-bond donors (Lipinski definition) is 1. The van der Waals surface area contributed by atoms with Gasteiger partial charge in [0.1, 0.15) is 0 Å². The van der Waals surface area contributed by atoms with Gasteiger partial charge in [-0.1, -0.05) is 13.8 Å². The zero-order valence-corrected chi connectivity index (χ0v) is 15.4. The van der Waals surface area contributed by atoms with Gasteiger partial charge >= 0.3 is 0 Å². The molecule has 0 spiro atoms. The molecular weight excluding hydrogens is 486 g/mol. The van der Waals surface area contributed by atoms with E-state index in [0.717, 1.165) is 6.92 Å². The van der Waals surface area contributed by atoms with E-state index < -0.39 is 36.0 Å². The SMILES string of the molecule is CCC1(F)C[C-](O)C(F)(F)C(F)(F)C1C.[Rf]. The normalized spacial score (nSPS) is 37.9. The first-order chi connectivity index (χ1) is 6.59. The van der Waals surface area contributed by atoms with Crippen LogP contribution in [-0.2, 0) is 0 Å². The molecule has 0 heterocycles. The van der Waals surface area contributed by atoms with E-state index in [4.69, 9.17) is 5.11 Å². The number of aliphatic hydroxyl groups is 1. The Morgan fingerprint density at radius 1 is 1.25 bits per heavy atom. The fourth-order valence-corrected chi connectivity index (χ4v) is 1.76. The third-order valence-corrected chi connectivity index (χ3v) is 3.15. The van der Waals surface area contributed by atoms with Crippen LogP contribution in [-0.4, -0.2) is 22.6 Å². The fraction of sp³-hybridized carbons (Fsp3) is 0.889. The molecule has 0 aromatic heterocycles. The third kappa shape index (κ3) is 1.50. The minimum Gasteiger partial charge on any atom is -0.557 e. The number of aliphatic hydroxyl groups excluding tert-OH is 1. The van der Waals surface area contributed by atoms with Crippen LogP contribution in [0.25, 0.3) is 0 Å². The molecule has 1 N–H and O–H groups in total. The summed E-state index contributed by atoms with van der Waals surface area (Å²) in [5.41, 5.74) is -2.48. The molecular formula is C9H12F5ORf-. The standard InChI is InChI=1S/C9H12F5O.Rf/c1-3-7(10)4-6(15)9(13,14)8(11,12)5(7)2;/h5,15H,3-4H2,1-2H3;/q-1;. The number of hydrogen-bond acceptors (Lipinski definition) is 1. The molecule has 2 unspecified atom stereocenters. The van der Waals surface area contributed by atoms with Crippen LogP contribution in [0.1, 0.15) is 26.7 Å². The van der Waals surface area contributed by atoms with Crippen LogP contribution in [0.4, 0.5) is 22.0 Å². The van der Waals surface area contributed by atoms with E-state index >= 15 is 0 Å². The van der Waals surface area contributed by atoms with Crippen molar-refractivity contribution in [3.8, 4) is 0 Å². The average Bonchev–Trinajstić information content (AvgIpc) is 2.14. The van der Waals surface area contributed by atoms with Gasteiger partial charge in [-0.3, -0.25) is 0 Å². The number of alkyl halides is 5. The van der Waals surface area contributed by atoms with Gasteiger partial charge in [-0.15, -0.1) is 12.5 Å². The van der Waals surface area contributed by atoms with Crippen LogP contribution in [0.3, 0.4) is 0 Å². The number of rotatable bonds is 1. The van der Waals surface area contributed by atoms with Crippen molar-refractivity contribution in [1.29, 1.82) is 0 Å². The van der Waals surface area contributed by atoms with E-state index in [-0.39, 0.29) is 6.42 Å². The maximum absolute atomic E-state index is 13.8. The largest absolute Gasteiger partial charge is 0.557 e. The minimum absolute atomic E-state index is 0. The van der Waals surface area contributed by atoms with Crippen LogP contribution >= 0.6 is 0 Å². The zero-order chi connectivity index (χ0) is 12.1. The van der Waals surface area contributed by atoms with Gasteiger partial charge in [0.25, 0.3) is 5.92 Å². The van der Waals surface area contributed by atoms with Crippen molar-refractivity contribution in [3.63, 3.8) is 0 Å². The summed E-state index contributed by atoms with van der Waals surface area (Å²) in [6.07, 6.45) is -3.15. The van der Waals surface area contributed by atoms with Crippen molar-refractivity contribution in [1.82, 2.24) is 0 Å². The Labute approximate surface area is 84.3 Å². The summed E-state index contributed by atoms with van der Waals surface area (Å²) in [6, 6.07) is 0. The molecule has 1 saturated carbocycles. The van der Waals surface area contributed by atoms with Gasteiger partial charge in [0.05, 0.1) is 11.6 Å². The van der Waals surface area contributed by atoms with Crippen molar-refractivity contribution in [3.05, 3.63) is 6.10 Å². The quantitative estimate of drug-likeness (QED) is 0.435. The molecule has 7 heteroatoms. The second kappa shape index (κ2) is 3.57. The molecule has 16 heavy (non-hydrogen) atoms. The first-order valence-corrected chi connectivity index (χ1v) is 4.59. The second-order valence-corrected chi connectivity index (χ2v) is 3.93. The summed E-state index contributed by atoms with van der Waals surface area (Å²) in [5.74, 6) is -11.3. The maximum atomic E-state index is 13.8. The van der Waals surface area contributed by atoms with Crippen LogP contribution < -0.4 is 0 Å².